The number of rotatable bonds is 5. The molecule has 82 valence electrons. The van der Waals surface area contributed by atoms with E-state index in [1.807, 2.05) is 24.8 Å². The lowest BCUT2D eigenvalue weighted by Gasteiger charge is -2.01. The summed E-state index contributed by atoms with van der Waals surface area (Å²) in [5, 5.41) is 0. The molecule has 0 spiro atoms. The van der Waals surface area contributed by atoms with Crippen molar-refractivity contribution in [3.63, 3.8) is 0 Å². The van der Waals surface area contributed by atoms with Gasteiger partial charge in [0.05, 0.1) is 0 Å². The zero-order chi connectivity index (χ0) is 11.1. The Morgan fingerprint density at radius 3 is 1.38 bits per heavy atom. The van der Waals surface area contributed by atoms with Gasteiger partial charge in [-0.15, -0.1) is 0 Å². The van der Waals surface area contributed by atoms with Crippen molar-refractivity contribution >= 4 is 0 Å². The summed E-state index contributed by atoms with van der Waals surface area (Å²) in [7, 11) is 0. The topological polar surface area (TPSA) is 25.8 Å². The Bertz CT molecular complexity index is 356. The second-order valence-electron chi connectivity index (χ2n) is 3.92. The van der Waals surface area contributed by atoms with Crippen LogP contribution in [0.1, 0.15) is 24.0 Å². The number of unbranched alkanes of at least 4 members (excludes halogenated alkanes) is 1. The van der Waals surface area contributed by atoms with Crippen LogP contribution >= 0.6 is 0 Å². The summed E-state index contributed by atoms with van der Waals surface area (Å²) < 4.78 is 0. The van der Waals surface area contributed by atoms with Crippen LogP contribution in [-0.4, -0.2) is 9.97 Å². The van der Waals surface area contributed by atoms with Gasteiger partial charge in [-0.1, -0.05) is 0 Å². The monoisotopic (exact) mass is 212 g/mol. The molecule has 0 saturated heterocycles. The standard InChI is InChI=1S/C14H16N2/c1(3-13-5-9-15-10-6-13)2-4-14-7-11-16-12-8-14/h5-12H,1-4H2. The molecule has 0 aromatic carbocycles. The molecule has 0 fully saturated rings. The third-order valence-corrected chi connectivity index (χ3v) is 2.68. The molecular weight excluding hydrogens is 196 g/mol. The molecule has 2 heterocycles. The number of aryl methyl sites for hydroxylation is 2. The lowest BCUT2D eigenvalue weighted by atomic mass is 10.1. The van der Waals surface area contributed by atoms with Crippen LogP contribution in [0.25, 0.3) is 0 Å². The van der Waals surface area contributed by atoms with E-state index in [1.165, 1.54) is 24.0 Å². The third kappa shape index (κ3) is 3.46. The Labute approximate surface area is 96.4 Å². The van der Waals surface area contributed by atoms with E-state index < -0.39 is 0 Å². The highest BCUT2D eigenvalue weighted by molar-refractivity contribution is 5.11. The molecule has 0 amide bonds. The fourth-order valence-electron chi connectivity index (χ4n) is 1.76. The van der Waals surface area contributed by atoms with Gasteiger partial charge in [-0.05, 0) is 61.1 Å². The van der Waals surface area contributed by atoms with Gasteiger partial charge in [-0.25, -0.2) is 0 Å². The molecule has 16 heavy (non-hydrogen) atoms. The third-order valence-electron chi connectivity index (χ3n) is 2.68. The second-order valence-corrected chi connectivity index (χ2v) is 3.92. The van der Waals surface area contributed by atoms with Gasteiger partial charge < -0.3 is 0 Å². The summed E-state index contributed by atoms with van der Waals surface area (Å²) in [6.45, 7) is 0. The van der Waals surface area contributed by atoms with E-state index in [-0.39, 0.29) is 0 Å². The summed E-state index contributed by atoms with van der Waals surface area (Å²) in [6.07, 6.45) is 12.2. The second kappa shape index (κ2) is 6.01. The molecule has 2 rings (SSSR count). The minimum Gasteiger partial charge on any atom is -0.265 e. The lowest BCUT2D eigenvalue weighted by Crippen LogP contribution is -1.89. The Morgan fingerprint density at radius 1 is 0.625 bits per heavy atom. The summed E-state index contributed by atoms with van der Waals surface area (Å²) in [4.78, 5) is 8.03. The van der Waals surface area contributed by atoms with Crippen LogP contribution in [0.15, 0.2) is 49.1 Å². The first kappa shape index (κ1) is 10.8. The zero-order valence-corrected chi connectivity index (χ0v) is 9.34. The number of pyridine rings is 2. The van der Waals surface area contributed by atoms with Crippen LogP contribution in [-0.2, 0) is 12.8 Å². The average Bonchev–Trinajstić information content (AvgIpc) is 2.37. The molecule has 0 bridgehead atoms. The maximum atomic E-state index is 4.01. The highest BCUT2D eigenvalue weighted by Crippen LogP contribution is 2.07. The molecule has 0 N–H and O–H groups in total. The number of nitrogens with zero attached hydrogens (tertiary/aromatic N) is 2. The van der Waals surface area contributed by atoms with Crippen molar-refractivity contribution in [2.45, 2.75) is 25.7 Å². The van der Waals surface area contributed by atoms with Gasteiger partial charge >= 0.3 is 0 Å². The normalized spacial score (nSPS) is 10.2. The lowest BCUT2D eigenvalue weighted by molar-refractivity contribution is 0.733. The molecule has 0 radical (unpaired) electrons. The van der Waals surface area contributed by atoms with E-state index in [9.17, 15) is 0 Å². The van der Waals surface area contributed by atoms with E-state index in [0.29, 0.717) is 0 Å². The van der Waals surface area contributed by atoms with Gasteiger partial charge in [-0.2, -0.15) is 0 Å². The number of hydrogen-bond donors (Lipinski definition) is 0. The first-order valence-corrected chi connectivity index (χ1v) is 5.73. The van der Waals surface area contributed by atoms with Crippen molar-refractivity contribution in [1.82, 2.24) is 9.97 Å². The smallest absolute Gasteiger partial charge is 0.0270 e. The summed E-state index contributed by atoms with van der Waals surface area (Å²) in [6, 6.07) is 8.36. The van der Waals surface area contributed by atoms with Crippen molar-refractivity contribution in [3.05, 3.63) is 60.2 Å². The van der Waals surface area contributed by atoms with Crippen molar-refractivity contribution in [1.29, 1.82) is 0 Å². The molecule has 2 nitrogen and oxygen atoms in total. The van der Waals surface area contributed by atoms with Crippen molar-refractivity contribution in [2.24, 2.45) is 0 Å². The van der Waals surface area contributed by atoms with Crippen LogP contribution in [0.5, 0.6) is 0 Å². The molecule has 0 aliphatic carbocycles. The molecular formula is C14H16N2. The van der Waals surface area contributed by atoms with Crippen LogP contribution < -0.4 is 0 Å². The molecule has 2 heteroatoms. The molecule has 0 aliphatic rings. The maximum absolute atomic E-state index is 4.01. The first-order valence-electron chi connectivity index (χ1n) is 5.73. The molecule has 0 unspecified atom stereocenters. The quantitative estimate of drug-likeness (QED) is 0.712. The minimum atomic E-state index is 1.15. The molecule has 0 saturated carbocycles. The summed E-state index contributed by atoms with van der Waals surface area (Å²) in [5.74, 6) is 0. The Balaban J connectivity index is 1.70. The van der Waals surface area contributed by atoms with Gasteiger partial charge in [0.1, 0.15) is 0 Å². The molecule has 0 aliphatic heterocycles. The van der Waals surface area contributed by atoms with E-state index in [2.05, 4.69) is 34.2 Å². The number of aromatic nitrogens is 2. The van der Waals surface area contributed by atoms with Gasteiger partial charge in [0.15, 0.2) is 0 Å². The fourth-order valence-corrected chi connectivity index (χ4v) is 1.76. The zero-order valence-electron chi connectivity index (χ0n) is 9.34. The van der Waals surface area contributed by atoms with Gasteiger partial charge in [0.25, 0.3) is 0 Å². The molecule has 2 aromatic heterocycles. The van der Waals surface area contributed by atoms with E-state index in [1.54, 1.807) is 0 Å². The van der Waals surface area contributed by atoms with Gasteiger partial charge in [0, 0.05) is 24.8 Å². The largest absolute Gasteiger partial charge is 0.265 e. The minimum absolute atomic E-state index is 1.15. The van der Waals surface area contributed by atoms with Crippen LogP contribution in [0.4, 0.5) is 0 Å². The van der Waals surface area contributed by atoms with Gasteiger partial charge in [-0.3, -0.25) is 9.97 Å². The van der Waals surface area contributed by atoms with Crippen LogP contribution in [0, 0.1) is 0 Å². The maximum Gasteiger partial charge on any atom is 0.0270 e. The predicted octanol–water partition coefficient (Wildman–Crippen LogP) is 3.04. The summed E-state index contributed by atoms with van der Waals surface area (Å²) in [5.41, 5.74) is 2.76. The Hall–Kier alpha value is -1.70. The highest BCUT2D eigenvalue weighted by atomic mass is 14.6. The van der Waals surface area contributed by atoms with Crippen LogP contribution in [0.3, 0.4) is 0 Å². The predicted molar refractivity (Wildman–Crippen MR) is 65.1 cm³/mol. The molecule has 0 atom stereocenters. The average molecular weight is 212 g/mol. The van der Waals surface area contributed by atoms with Crippen LogP contribution in [0.2, 0.25) is 0 Å². The highest BCUT2D eigenvalue weighted by Gasteiger charge is 1.94. The first-order chi connectivity index (χ1) is 7.95. The summed E-state index contributed by atoms with van der Waals surface area (Å²) >= 11 is 0. The van der Waals surface area contributed by atoms with Crippen molar-refractivity contribution in [2.75, 3.05) is 0 Å². The molecule has 2 aromatic rings. The van der Waals surface area contributed by atoms with E-state index in [4.69, 9.17) is 0 Å². The van der Waals surface area contributed by atoms with Crippen molar-refractivity contribution in [3.8, 4) is 0 Å². The van der Waals surface area contributed by atoms with E-state index >= 15 is 0 Å². The Kier molecular flexibility index (Phi) is 4.06. The van der Waals surface area contributed by atoms with Crippen molar-refractivity contribution < 1.29 is 0 Å². The number of hydrogen-bond acceptors (Lipinski definition) is 2. The van der Waals surface area contributed by atoms with Gasteiger partial charge in [0.2, 0.25) is 0 Å². The Morgan fingerprint density at radius 2 is 1.00 bits per heavy atom. The fraction of sp³-hybridized carbons (Fsp3) is 0.286. The SMILES string of the molecule is c1cc(CCCCc2ccncc2)ccn1. The van der Waals surface area contributed by atoms with E-state index in [0.717, 1.165) is 12.8 Å².